The number of primary amides is 1. The molecule has 2 aromatic rings. The van der Waals surface area contributed by atoms with E-state index in [4.69, 9.17) is 5.73 Å². The van der Waals surface area contributed by atoms with E-state index < -0.39 is 23.7 Å². The molecule has 0 atom stereocenters. The van der Waals surface area contributed by atoms with Crippen molar-refractivity contribution in [3.63, 3.8) is 0 Å². The summed E-state index contributed by atoms with van der Waals surface area (Å²) in [6.07, 6.45) is 10.1. The van der Waals surface area contributed by atoms with Crippen molar-refractivity contribution < 1.29 is 24.3 Å². The molecule has 0 radical (unpaired) electrons. The number of benzene rings is 2. The molecule has 1 aliphatic heterocycles. The van der Waals surface area contributed by atoms with Gasteiger partial charge in [-0.25, -0.2) is 4.79 Å². The lowest BCUT2D eigenvalue weighted by molar-refractivity contribution is 0.0695. The van der Waals surface area contributed by atoms with E-state index in [9.17, 15) is 29.7 Å². The summed E-state index contributed by atoms with van der Waals surface area (Å²) in [5.74, 6) is -3.48. The Bertz CT molecular complexity index is 1290. The van der Waals surface area contributed by atoms with Crippen LogP contribution in [0.3, 0.4) is 0 Å². The third-order valence-electron chi connectivity index (χ3n) is 7.93. The van der Waals surface area contributed by atoms with Gasteiger partial charge in [0.2, 0.25) is 5.91 Å². The summed E-state index contributed by atoms with van der Waals surface area (Å²) < 4.78 is 0. The van der Waals surface area contributed by atoms with Crippen LogP contribution >= 0.6 is 0 Å². The van der Waals surface area contributed by atoms with Gasteiger partial charge in [0.15, 0.2) is 0 Å². The highest BCUT2D eigenvalue weighted by molar-refractivity contribution is 6.31. The predicted octanol–water partition coefficient (Wildman–Crippen LogP) is 3.81. The second kappa shape index (κ2) is 9.37. The molecule has 2 aliphatic carbocycles. The minimum absolute atomic E-state index is 0.00686. The molecule has 5 N–H and O–H groups in total. The van der Waals surface area contributed by atoms with Gasteiger partial charge in [0, 0.05) is 45.1 Å². The Morgan fingerprint density at radius 2 is 1.42 bits per heavy atom. The molecule has 188 valence electrons. The maximum atomic E-state index is 12.7. The summed E-state index contributed by atoms with van der Waals surface area (Å²) in [5.41, 5.74) is 5.64. The average Bonchev–Trinajstić information content (AvgIpc) is 2.87. The van der Waals surface area contributed by atoms with Gasteiger partial charge >= 0.3 is 5.97 Å². The van der Waals surface area contributed by atoms with Crippen LogP contribution < -0.4 is 11.1 Å². The summed E-state index contributed by atoms with van der Waals surface area (Å²) in [7, 11) is 0. The molecule has 1 heterocycles. The van der Waals surface area contributed by atoms with Crippen LogP contribution in [0.1, 0.15) is 111 Å². The number of rotatable bonds is 5. The normalized spacial score (nSPS) is 18.7. The van der Waals surface area contributed by atoms with Gasteiger partial charge in [-0.1, -0.05) is 38.5 Å². The number of imide groups is 1. The maximum absolute atomic E-state index is 12.7. The van der Waals surface area contributed by atoms with Crippen molar-refractivity contribution in [2.75, 3.05) is 0 Å². The fraction of sp³-hybridized carbons (Fsp3) is 0.444. The van der Waals surface area contributed by atoms with Crippen molar-refractivity contribution >= 4 is 40.3 Å². The Hall–Kier alpha value is -3.75. The highest BCUT2D eigenvalue weighted by atomic mass is 16.4. The molecule has 0 spiro atoms. The lowest BCUT2D eigenvalue weighted by Gasteiger charge is -2.44. The van der Waals surface area contributed by atoms with Gasteiger partial charge in [-0.3, -0.25) is 25.1 Å². The number of amidine groups is 1. The van der Waals surface area contributed by atoms with Gasteiger partial charge in [-0.05, 0) is 43.9 Å². The third kappa shape index (κ3) is 3.92. The van der Waals surface area contributed by atoms with Crippen molar-refractivity contribution in [3.05, 3.63) is 46.0 Å². The van der Waals surface area contributed by atoms with Crippen molar-refractivity contribution in [2.24, 2.45) is 5.73 Å². The van der Waals surface area contributed by atoms with Crippen molar-refractivity contribution in [1.29, 1.82) is 5.41 Å². The zero-order chi connectivity index (χ0) is 25.6. The number of aromatic carboxylic acids is 1. The van der Waals surface area contributed by atoms with Gasteiger partial charge in [0.25, 0.3) is 11.8 Å². The summed E-state index contributed by atoms with van der Waals surface area (Å²) in [6.45, 7) is 0. The lowest BCUT2D eigenvalue weighted by Crippen LogP contribution is -2.49. The van der Waals surface area contributed by atoms with Crippen LogP contribution in [0.15, 0.2) is 18.2 Å². The van der Waals surface area contributed by atoms with Crippen LogP contribution in [0.5, 0.6) is 0 Å². The molecule has 2 saturated carbocycles. The molecule has 9 heteroatoms. The maximum Gasteiger partial charge on any atom is 0.336 e. The van der Waals surface area contributed by atoms with E-state index >= 15 is 0 Å². The zero-order valence-corrected chi connectivity index (χ0v) is 20.1. The molecule has 2 aromatic carbocycles. The largest absolute Gasteiger partial charge is 0.478 e. The van der Waals surface area contributed by atoms with E-state index in [0.29, 0.717) is 0 Å². The number of carboxylic acid groups (broad SMARTS) is 1. The van der Waals surface area contributed by atoms with Gasteiger partial charge in [-0.2, -0.15) is 0 Å². The monoisotopic (exact) mass is 490 g/mol. The molecular weight excluding hydrogens is 460 g/mol. The predicted molar refractivity (Wildman–Crippen MR) is 134 cm³/mol. The molecule has 0 aromatic heterocycles. The summed E-state index contributed by atoms with van der Waals surface area (Å²) in [6, 6.07) is 4.20. The topological polar surface area (TPSA) is 154 Å². The van der Waals surface area contributed by atoms with Crippen LogP contribution in [0.2, 0.25) is 0 Å². The van der Waals surface area contributed by atoms with Crippen molar-refractivity contribution in [1.82, 2.24) is 10.2 Å². The first-order chi connectivity index (χ1) is 17.3. The highest BCUT2D eigenvalue weighted by Crippen LogP contribution is 2.38. The summed E-state index contributed by atoms with van der Waals surface area (Å²) in [5, 5.41) is 22.2. The van der Waals surface area contributed by atoms with E-state index in [1.807, 2.05) is 0 Å². The van der Waals surface area contributed by atoms with Crippen LogP contribution in [-0.4, -0.2) is 51.6 Å². The molecule has 0 bridgehead atoms. The van der Waals surface area contributed by atoms with E-state index in [1.165, 1.54) is 18.2 Å². The molecule has 5 rings (SSSR count). The summed E-state index contributed by atoms with van der Waals surface area (Å²) >= 11 is 0. The molecule has 36 heavy (non-hydrogen) atoms. The molecular formula is C27H30N4O5. The number of nitrogens with zero attached hydrogens (tertiary/aromatic N) is 1. The molecule has 9 nitrogen and oxygen atoms in total. The number of amides is 3. The van der Waals surface area contributed by atoms with E-state index in [2.05, 4.69) is 10.2 Å². The van der Waals surface area contributed by atoms with Crippen LogP contribution in [0.25, 0.3) is 10.8 Å². The van der Waals surface area contributed by atoms with Gasteiger partial charge in [0.1, 0.15) is 5.84 Å². The fourth-order valence-corrected chi connectivity index (χ4v) is 6.30. The first kappa shape index (κ1) is 24.0. The molecule has 2 fully saturated rings. The average molecular weight is 491 g/mol. The third-order valence-corrected chi connectivity index (χ3v) is 7.93. The number of carbonyl (C=O) groups is 4. The lowest BCUT2D eigenvalue weighted by atomic mass is 9.83. The number of hydrogen-bond acceptors (Lipinski definition) is 5. The van der Waals surface area contributed by atoms with E-state index in [1.54, 1.807) is 0 Å². The minimum atomic E-state index is -1.31. The number of carbonyl (C=O) groups excluding carboxylic acids is 3. The molecule has 0 unspecified atom stereocenters. The number of nitrogens with one attached hydrogen (secondary N) is 2. The SMILES string of the molecule is N=C(c1c(C(=O)O)cc2c3c(ccc(C(N)=O)c13)C(=O)NC2=O)N(C1CCCCC1)C1CCCCC1. The second-order valence-corrected chi connectivity index (χ2v) is 10.0. The first-order valence-electron chi connectivity index (χ1n) is 12.7. The minimum Gasteiger partial charge on any atom is -0.478 e. The Morgan fingerprint density at radius 3 is 1.94 bits per heavy atom. The fourth-order valence-electron chi connectivity index (χ4n) is 6.30. The Labute approximate surface area is 208 Å². The first-order valence-corrected chi connectivity index (χ1v) is 12.7. The smallest absolute Gasteiger partial charge is 0.336 e. The van der Waals surface area contributed by atoms with Gasteiger partial charge in [0.05, 0.1) is 5.56 Å². The Balaban J connectivity index is 1.81. The quantitative estimate of drug-likeness (QED) is 0.284. The van der Waals surface area contributed by atoms with Gasteiger partial charge in [-0.15, -0.1) is 0 Å². The molecule has 3 amide bonds. The standard InChI is InChI=1S/C27H30N4O5/c28-23(31(14-7-3-1-4-8-14)15-9-5-2-6-10-15)22-19(27(35)36)13-18-20-17(25(33)30-26(18)34)12-11-16(21(20)22)24(29)32/h11-15,28H,1-10H2,(H2,29,32)(H,35,36)(H,30,33,34). The Morgan fingerprint density at radius 1 is 0.861 bits per heavy atom. The molecule has 3 aliphatic rings. The highest BCUT2D eigenvalue weighted by Gasteiger charge is 2.37. The van der Waals surface area contributed by atoms with Gasteiger partial charge < -0.3 is 15.7 Å². The number of carboxylic acids is 1. The van der Waals surface area contributed by atoms with Crippen molar-refractivity contribution in [3.8, 4) is 0 Å². The van der Waals surface area contributed by atoms with Crippen molar-refractivity contribution in [2.45, 2.75) is 76.3 Å². The van der Waals surface area contributed by atoms with Crippen LogP contribution in [0, 0.1) is 5.41 Å². The van der Waals surface area contributed by atoms with Crippen LogP contribution in [0.4, 0.5) is 0 Å². The van der Waals surface area contributed by atoms with E-state index in [0.717, 1.165) is 64.2 Å². The zero-order valence-electron chi connectivity index (χ0n) is 20.1. The van der Waals surface area contributed by atoms with Crippen LogP contribution in [-0.2, 0) is 0 Å². The number of nitrogens with two attached hydrogens (primary N) is 1. The summed E-state index contributed by atoms with van der Waals surface area (Å²) in [4.78, 5) is 52.6. The Kier molecular flexibility index (Phi) is 6.24. The second-order valence-electron chi connectivity index (χ2n) is 10.0. The number of hydrogen-bond donors (Lipinski definition) is 4. The van der Waals surface area contributed by atoms with E-state index in [-0.39, 0.29) is 56.5 Å². The molecule has 0 saturated heterocycles.